The zero-order valence-corrected chi connectivity index (χ0v) is 18.2. The average molecular weight is 369 g/mol. The second-order valence-electron chi connectivity index (χ2n) is 8.04. The van der Waals surface area contributed by atoms with Gasteiger partial charge in [0.15, 0.2) is 0 Å². The number of ketones is 1. The highest BCUT2D eigenvalue weighted by atomic mass is 16.5. The molecule has 0 saturated carbocycles. The molecule has 0 aliphatic carbocycles. The minimum absolute atomic E-state index is 0.506. The van der Waals surface area contributed by atoms with Crippen molar-refractivity contribution in [2.24, 2.45) is 0 Å². The third-order valence-corrected chi connectivity index (χ3v) is 5.36. The number of carbonyl (C=O) groups is 1. The minimum Gasteiger partial charge on any atom is -0.385 e. The standard InChI is InChI=1S/C24H48O2/c1-3-4-5-6-7-9-12-15-18-21-24(25)22-19-16-13-10-8-11-14-17-20-23-26-2/h3-23H2,1-2H3. The molecule has 0 aromatic heterocycles. The molecule has 2 nitrogen and oxygen atoms in total. The normalized spacial score (nSPS) is 11.2. The Morgan fingerprint density at radius 3 is 1.27 bits per heavy atom. The van der Waals surface area contributed by atoms with Crippen molar-refractivity contribution in [3.8, 4) is 0 Å². The number of Topliss-reactive ketones (excluding diaryl/α,β-unsaturated/α-hetero) is 1. The fourth-order valence-corrected chi connectivity index (χ4v) is 3.56. The first-order valence-corrected chi connectivity index (χ1v) is 11.8. The van der Waals surface area contributed by atoms with Crippen LogP contribution in [-0.2, 0) is 9.53 Å². The maximum atomic E-state index is 11.9. The monoisotopic (exact) mass is 368 g/mol. The van der Waals surface area contributed by atoms with E-state index in [0.717, 1.165) is 32.3 Å². The Kier molecular flexibility index (Phi) is 22.3. The first-order chi connectivity index (χ1) is 12.8. The summed E-state index contributed by atoms with van der Waals surface area (Å²) in [5, 5.41) is 0. The number of unbranched alkanes of at least 4 members (excludes halogenated alkanes) is 16. The summed E-state index contributed by atoms with van der Waals surface area (Å²) in [6.45, 7) is 3.18. The lowest BCUT2D eigenvalue weighted by Crippen LogP contribution is -1.97. The van der Waals surface area contributed by atoms with Gasteiger partial charge in [-0.15, -0.1) is 0 Å². The van der Waals surface area contributed by atoms with Crippen LogP contribution in [0.25, 0.3) is 0 Å². The molecule has 0 aromatic carbocycles. The van der Waals surface area contributed by atoms with E-state index in [1.807, 2.05) is 0 Å². The zero-order chi connectivity index (χ0) is 19.1. The summed E-state index contributed by atoms with van der Waals surface area (Å²) in [5.41, 5.74) is 0. The van der Waals surface area contributed by atoms with E-state index < -0.39 is 0 Å². The Hall–Kier alpha value is -0.370. The van der Waals surface area contributed by atoms with Crippen molar-refractivity contribution in [3.05, 3.63) is 0 Å². The molecule has 0 atom stereocenters. The number of methoxy groups -OCH3 is 1. The van der Waals surface area contributed by atoms with Crippen LogP contribution in [0.4, 0.5) is 0 Å². The fraction of sp³-hybridized carbons (Fsp3) is 0.958. The van der Waals surface area contributed by atoms with Gasteiger partial charge in [0, 0.05) is 26.6 Å². The van der Waals surface area contributed by atoms with Crippen molar-refractivity contribution in [1.82, 2.24) is 0 Å². The number of hydrogen-bond donors (Lipinski definition) is 0. The second kappa shape index (κ2) is 22.7. The zero-order valence-electron chi connectivity index (χ0n) is 18.2. The molecule has 0 aliphatic heterocycles. The highest BCUT2D eigenvalue weighted by molar-refractivity contribution is 5.78. The first kappa shape index (κ1) is 25.6. The van der Waals surface area contributed by atoms with Gasteiger partial charge in [-0.1, -0.05) is 103 Å². The second-order valence-corrected chi connectivity index (χ2v) is 8.04. The summed E-state index contributed by atoms with van der Waals surface area (Å²) in [7, 11) is 1.78. The van der Waals surface area contributed by atoms with Crippen molar-refractivity contribution in [3.63, 3.8) is 0 Å². The van der Waals surface area contributed by atoms with Crippen molar-refractivity contribution in [1.29, 1.82) is 0 Å². The van der Waals surface area contributed by atoms with Gasteiger partial charge in [0.25, 0.3) is 0 Å². The van der Waals surface area contributed by atoms with E-state index in [4.69, 9.17) is 4.74 Å². The van der Waals surface area contributed by atoms with Gasteiger partial charge >= 0.3 is 0 Å². The fourth-order valence-electron chi connectivity index (χ4n) is 3.56. The Labute approximate surface area is 164 Å². The molecule has 26 heavy (non-hydrogen) atoms. The number of rotatable bonds is 22. The van der Waals surface area contributed by atoms with E-state index in [1.54, 1.807) is 7.11 Å². The van der Waals surface area contributed by atoms with E-state index in [9.17, 15) is 4.79 Å². The molecule has 0 aromatic rings. The molecule has 0 fully saturated rings. The average Bonchev–Trinajstić information content (AvgIpc) is 2.64. The van der Waals surface area contributed by atoms with Crippen molar-refractivity contribution in [2.45, 2.75) is 135 Å². The van der Waals surface area contributed by atoms with Gasteiger partial charge in [-0.3, -0.25) is 4.79 Å². The molecule has 0 saturated heterocycles. The van der Waals surface area contributed by atoms with Crippen LogP contribution >= 0.6 is 0 Å². The van der Waals surface area contributed by atoms with Gasteiger partial charge < -0.3 is 4.74 Å². The molecule has 0 unspecified atom stereocenters. The molecule has 0 rings (SSSR count). The summed E-state index contributed by atoms with van der Waals surface area (Å²) >= 11 is 0. The van der Waals surface area contributed by atoms with Crippen molar-refractivity contribution >= 4 is 5.78 Å². The number of ether oxygens (including phenoxy) is 1. The van der Waals surface area contributed by atoms with Crippen LogP contribution in [0.2, 0.25) is 0 Å². The van der Waals surface area contributed by atoms with Gasteiger partial charge in [-0.05, 0) is 19.3 Å². The molecule has 0 bridgehead atoms. The van der Waals surface area contributed by atoms with E-state index >= 15 is 0 Å². The Morgan fingerprint density at radius 2 is 0.885 bits per heavy atom. The smallest absolute Gasteiger partial charge is 0.132 e. The lowest BCUT2D eigenvalue weighted by Gasteiger charge is -2.04. The summed E-state index contributed by atoms with van der Waals surface area (Å²) in [6.07, 6.45) is 25.2. The highest BCUT2D eigenvalue weighted by Gasteiger charge is 2.02. The summed E-state index contributed by atoms with van der Waals surface area (Å²) in [5.74, 6) is 0.506. The number of hydrogen-bond acceptors (Lipinski definition) is 2. The minimum atomic E-state index is 0.506. The van der Waals surface area contributed by atoms with E-state index in [0.29, 0.717) is 5.78 Å². The van der Waals surface area contributed by atoms with Crippen LogP contribution in [0, 0.1) is 0 Å². The molecule has 0 aliphatic rings. The lowest BCUT2D eigenvalue weighted by molar-refractivity contribution is -0.119. The van der Waals surface area contributed by atoms with Crippen molar-refractivity contribution < 1.29 is 9.53 Å². The van der Waals surface area contributed by atoms with E-state index in [-0.39, 0.29) is 0 Å². The maximum absolute atomic E-state index is 11.9. The van der Waals surface area contributed by atoms with Gasteiger partial charge in [0.2, 0.25) is 0 Å². The molecule has 0 heterocycles. The summed E-state index contributed by atoms with van der Waals surface area (Å²) < 4.78 is 5.06. The van der Waals surface area contributed by atoms with Gasteiger partial charge in [0.1, 0.15) is 5.78 Å². The molecule has 0 radical (unpaired) electrons. The van der Waals surface area contributed by atoms with Crippen LogP contribution in [-0.4, -0.2) is 19.5 Å². The maximum Gasteiger partial charge on any atom is 0.132 e. The summed E-state index contributed by atoms with van der Waals surface area (Å²) in [4.78, 5) is 11.9. The van der Waals surface area contributed by atoms with E-state index in [2.05, 4.69) is 6.92 Å². The van der Waals surface area contributed by atoms with Gasteiger partial charge in [-0.25, -0.2) is 0 Å². The van der Waals surface area contributed by atoms with Gasteiger partial charge in [-0.2, -0.15) is 0 Å². The number of carbonyl (C=O) groups excluding carboxylic acids is 1. The van der Waals surface area contributed by atoms with Crippen LogP contribution < -0.4 is 0 Å². The molecule has 156 valence electrons. The molecular formula is C24H48O2. The third kappa shape index (κ3) is 21.7. The van der Waals surface area contributed by atoms with Crippen LogP contribution in [0.3, 0.4) is 0 Å². The third-order valence-electron chi connectivity index (χ3n) is 5.36. The van der Waals surface area contributed by atoms with Gasteiger partial charge in [0.05, 0.1) is 0 Å². The molecule has 0 N–H and O–H groups in total. The largest absolute Gasteiger partial charge is 0.385 e. The Bertz CT molecular complexity index is 275. The van der Waals surface area contributed by atoms with E-state index in [1.165, 1.54) is 103 Å². The predicted octanol–water partition coefficient (Wildman–Crippen LogP) is 8.02. The topological polar surface area (TPSA) is 26.3 Å². The van der Waals surface area contributed by atoms with Crippen molar-refractivity contribution in [2.75, 3.05) is 13.7 Å². The Morgan fingerprint density at radius 1 is 0.538 bits per heavy atom. The molecular weight excluding hydrogens is 320 g/mol. The lowest BCUT2D eigenvalue weighted by atomic mass is 10.0. The Balaban J connectivity index is 3.13. The van der Waals surface area contributed by atoms with Crippen LogP contribution in [0.15, 0.2) is 0 Å². The quantitative estimate of drug-likeness (QED) is 0.181. The van der Waals surface area contributed by atoms with Crippen LogP contribution in [0.5, 0.6) is 0 Å². The molecule has 2 heteroatoms. The summed E-state index contributed by atoms with van der Waals surface area (Å²) in [6, 6.07) is 0. The molecule has 0 amide bonds. The SMILES string of the molecule is CCCCCCCCCCCC(=O)CCCCCCCCCCCOC. The first-order valence-electron chi connectivity index (χ1n) is 11.8. The van der Waals surface area contributed by atoms with Crippen LogP contribution in [0.1, 0.15) is 135 Å². The predicted molar refractivity (Wildman–Crippen MR) is 115 cm³/mol. The molecule has 0 spiro atoms. The highest BCUT2D eigenvalue weighted by Crippen LogP contribution is 2.13.